The summed E-state index contributed by atoms with van der Waals surface area (Å²) in [7, 11) is 0. The van der Waals surface area contributed by atoms with Crippen LogP contribution in [-0.4, -0.2) is 36.8 Å². The molecule has 0 spiro atoms. The van der Waals surface area contributed by atoms with Crippen LogP contribution < -0.4 is 10.6 Å². The molecule has 1 heterocycles. The fourth-order valence-electron chi connectivity index (χ4n) is 3.26. The summed E-state index contributed by atoms with van der Waals surface area (Å²) in [4.78, 5) is 10.9. The van der Waals surface area contributed by atoms with E-state index in [1.165, 1.54) is 0 Å². The Labute approximate surface area is 149 Å². The number of aliphatic hydroxyl groups is 1. The first-order chi connectivity index (χ1) is 11.7. The molecular formula is C17H22ClF3N2O2. The topological polar surface area (TPSA) is 61.4 Å². The van der Waals surface area contributed by atoms with Crippen molar-refractivity contribution in [2.45, 2.75) is 37.5 Å². The van der Waals surface area contributed by atoms with Gasteiger partial charge in [-0.2, -0.15) is 13.2 Å². The molecule has 3 N–H and O–H groups in total. The zero-order chi connectivity index (χ0) is 18.5. The van der Waals surface area contributed by atoms with Gasteiger partial charge in [-0.05, 0) is 49.9 Å². The number of piperidine rings is 1. The van der Waals surface area contributed by atoms with Crippen molar-refractivity contribution in [2.75, 3.05) is 19.6 Å². The highest BCUT2D eigenvalue weighted by Gasteiger charge is 2.40. The molecule has 25 heavy (non-hydrogen) atoms. The Hall–Kier alpha value is -1.31. The van der Waals surface area contributed by atoms with Gasteiger partial charge >= 0.3 is 12.1 Å². The molecule has 2 atom stereocenters. The SMILES string of the molecule is O=C(NCCC[C@@](O)(c1cccc(Cl)c1)[C@@H]1CCCNC1)C(F)(F)F. The van der Waals surface area contributed by atoms with Gasteiger partial charge in [-0.1, -0.05) is 23.7 Å². The van der Waals surface area contributed by atoms with Gasteiger partial charge in [0.05, 0.1) is 5.60 Å². The number of nitrogens with one attached hydrogen (secondary N) is 2. The minimum Gasteiger partial charge on any atom is -0.385 e. The molecule has 8 heteroatoms. The van der Waals surface area contributed by atoms with Crippen molar-refractivity contribution in [3.05, 3.63) is 34.9 Å². The van der Waals surface area contributed by atoms with E-state index in [2.05, 4.69) is 5.32 Å². The van der Waals surface area contributed by atoms with Crippen molar-refractivity contribution in [3.63, 3.8) is 0 Å². The molecule has 140 valence electrons. The van der Waals surface area contributed by atoms with E-state index in [4.69, 9.17) is 11.6 Å². The zero-order valence-corrected chi connectivity index (χ0v) is 14.5. The Bertz CT molecular complexity index is 592. The van der Waals surface area contributed by atoms with E-state index in [0.29, 0.717) is 17.1 Å². The van der Waals surface area contributed by atoms with Crippen LogP contribution in [0.2, 0.25) is 5.02 Å². The summed E-state index contributed by atoms with van der Waals surface area (Å²) < 4.78 is 36.7. The number of amides is 1. The molecule has 1 saturated heterocycles. The minimum absolute atomic E-state index is 0.0713. The lowest BCUT2D eigenvalue weighted by atomic mass is 9.74. The maximum absolute atomic E-state index is 12.2. The van der Waals surface area contributed by atoms with Gasteiger partial charge in [-0.15, -0.1) is 0 Å². The predicted molar refractivity (Wildman–Crippen MR) is 89.2 cm³/mol. The largest absolute Gasteiger partial charge is 0.471 e. The smallest absolute Gasteiger partial charge is 0.385 e. The highest BCUT2D eigenvalue weighted by atomic mass is 35.5. The number of rotatable bonds is 6. The van der Waals surface area contributed by atoms with Gasteiger partial charge in [-0.3, -0.25) is 4.79 Å². The minimum atomic E-state index is -4.89. The summed E-state index contributed by atoms with van der Waals surface area (Å²) in [5.74, 6) is -2.03. The number of halogens is 4. The highest BCUT2D eigenvalue weighted by molar-refractivity contribution is 6.30. The fraction of sp³-hybridized carbons (Fsp3) is 0.588. The molecule has 0 saturated carbocycles. The van der Waals surface area contributed by atoms with Crippen molar-refractivity contribution in [2.24, 2.45) is 5.92 Å². The van der Waals surface area contributed by atoms with Crippen LogP contribution in [0.3, 0.4) is 0 Å². The lowest BCUT2D eigenvalue weighted by molar-refractivity contribution is -0.173. The molecule has 1 aromatic rings. The maximum Gasteiger partial charge on any atom is 0.471 e. The molecule has 1 aliphatic rings. The van der Waals surface area contributed by atoms with Crippen molar-refractivity contribution < 1.29 is 23.1 Å². The Kier molecular flexibility index (Phi) is 6.71. The molecule has 0 aliphatic carbocycles. The van der Waals surface area contributed by atoms with Crippen LogP contribution in [0, 0.1) is 5.92 Å². The van der Waals surface area contributed by atoms with Crippen LogP contribution in [0.4, 0.5) is 13.2 Å². The Morgan fingerprint density at radius 3 is 2.76 bits per heavy atom. The molecule has 1 fully saturated rings. The summed E-state index contributed by atoms with van der Waals surface area (Å²) in [6.45, 7) is 1.35. The van der Waals surface area contributed by atoms with Crippen molar-refractivity contribution in [1.29, 1.82) is 0 Å². The van der Waals surface area contributed by atoms with Gasteiger partial charge in [0.15, 0.2) is 0 Å². The third-order valence-corrected chi connectivity index (χ3v) is 4.81. The van der Waals surface area contributed by atoms with Crippen molar-refractivity contribution in [3.8, 4) is 0 Å². The van der Waals surface area contributed by atoms with Gasteiger partial charge in [-0.25, -0.2) is 0 Å². The van der Waals surface area contributed by atoms with Crippen LogP contribution in [0.25, 0.3) is 0 Å². The van der Waals surface area contributed by atoms with Gasteiger partial charge in [0, 0.05) is 24.0 Å². The predicted octanol–water partition coefficient (Wildman–Crippen LogP) is 2.99. The lowest BCUT2D eigenvalue weighted by Gasteiger charge is -2.39. The third-order valence-electron chi connectivity index (χ3n) is 4.57. The normalized spacial score (nSPS) is 20.8. The molecular weight excluding hydrogens is 357 g/mol. The number of carbonyl (C=O) groups excluding carboxylic acids is 1. The van der Waals surface area contributed by atoms with Gasteiger partial charge in [0.1, 0.15) is 0 Å². The standard InChI is InChI=1S/C17H22ClF3N2O2/c18-14-6-1-4-12(10-14)16(25,13-5-2-8-22-11-13)7-3-9-23-15(24)17(19,20)21/h1,4,6,10,13,22,25H,2-3,5,7-9,11H2,(H,23,24)/t13-,16-/m1/s1. The van der Waals surface area contributed by atoms with Crippen molar-refractivity contribution >= 4 is 17.5 Å². The van der Waals surface area contributed by atoms with Gasteiger partial charge in [0.2, 0.25) is 0 Å². The molecule has 1 aromatic carbocycles. The van der Waals surface area contributed by atoms with E-state index in [1.54, 1.807) is 24.3 Å². The van der Waals surface area contributed by atoms with Crippen LogP contribution in [0.15, 0.2) is 24.3 Å². The number of hydrogen-bond acceptors (Lipinski definition) is 3. The van der Waals surface area contributed by atoms with Crippen LogP contribution in [0.5, 0.6) is 0 Å². The molecule has 4 nitrogen and oxygen atoms in total. The van der Waals surface area contributed by atoms with Crippen LogP contribution in [-0.2, 0) is 10.4 Å². The summed E-state index contributed by atoms with van der Waals surface area (Å²) in [6.07, 6.45) is -2.71. The molecule has 0 aromatic heterocycles. The van der Waals surface area contributed by atoms with Crippen LogP contribution >= 0.6 is 11.6 Å². The second kappa shape index (κ2) is 8.38. The fourth-order valence-corrected chi connectivity index (χ4v) is 3.45. The van der Waals surface area contributed by atoms with Crippen molar-refractivity contribution in [1.82, 2.24) is 10.6 Å². The number of benzene rings is 1. The first kappa shape index (κ1) is 20.0. The second-order valence-electron chi connectivity index (χ2n) is 6.34. The monoisotopic (exact) mass is 378 g/mol. The number of hydrogen-bond donors (Lipinski definition) is 3. The number of alkyl halides is 3. The van der Waals surface area contributed by atoms with Gasteiger partial charge < -0.3 is 15.7 Å². The third kappa shape index (κ3) is 5.33. The lowest BCUT2D eigenvalue weighted by Crippen LogP contribution is -2.45. The Balaban J connectivity index is 2.06. The second-order valence-corrected chi connectivity index (χ2v) is 6.77. The quantitative estimate of drug-likeness (QED) is 0.667. The molecule has 0 radical (unpaired) electrons. The first-order valence-corrected chi connectivity index (χ1v) is 8.65. The Morgan fingerprint density at radius 2 is 2.16 bits per heavy atom. The average Bonchev–Trinajstić information content (AvgIpc) is 2.58. The molecule has 2 rings (SSSR count). The van der Waals surface area contributed by atoms with E-state index in [1.807, 2.05) is 5.32 Å². The molecule has 0 bridgehead atoms. The average molecular weight is 379 g/mol. The molecule has 1 aliphatic heterocycles. The Morgan fingerprint density at radius 1 is 1.40 bits per heavy atom. The van der Waals surface area contributed by atoms with Gasteiger partial charge in [0.25, 0.3) is 0 Å². The van der Waals surface area contributed by atoms with E-state index in [9.17, 15) is 23.1 Å². The summed E-state index contributed by atoms with van der Waals surface area (Å²) in [5, 5.41) is 16.9. The summed E-state index contributed by atoms with van der Waals surface area (Å²) >= 11 is 6.03. The van der Waals surface area contributed by atoms with E-state index >= 15 is 0 Å². The summed E-state index contributed by atoms with van der Waals surface area (Å²) in [6, 6.07) is 6.90. The maximum atomic E-state index is 12.2. The van der Waals surface area contributed by atoms with Crippen LogP contribution in [0.1, 0.15) is 31.2 Å². The number of carbonyl (C=O) groups is 1. The van der Waals surface area contributed by atoms with E-state index in [0.717, 1.165) is 19.4 Å². The summed E-state index contributed by atoms with van der Waals surface area (Å²) in [5.41, 5.74) is -0.558. The van der Waals surface area contributed by atoms with E-state index < -0.39 is 17.7 Å². The zero-order valence-electron chi connectivity index (χ0n) is 13.7. The van der Waals surface area contributed by atoms with E-state index in [-0.39, 0.29) is 25.3 Å². The highest BCUT2D eigenvalue weighted by Crippen LogP contribution is 2.38. The molecule has 1 amide bonds. The molecule has 0 unspecified atom stereocenters. The first-order valence-electron chi connectivity index (χ1n) is 8.27.